The number of aliphatic hydroxyl groups is 1. The van der Waals surface area contributed by atoms with Crippen LogP contribution < -0.4 is 10.6 Å². The molecule has 0 saturated carbocycles. The van der Waals surface area contributed by atoms with Crippen molar-refractivity contribution in [3.8, 4) is 0 Å². The molecule has 0 aromatic heterocycles. The topological polar surface area (TPSA) is 59.9 Å². The van der Waals surface area contributed by atoms with E-state index in [1.807, 2.05) is 0 Å². The first-order valence-corrected chi connectivity index (χ1v) is 9.97. The van der Waals surface area contributed by atoms with Crippen LogP contribution in [0.1, 0.15) is 53.4 Å². The van der Waals surface area contributed by atoms with Crippen LogP contribution in [0.15, 0.2) is 17.1 Å². The molecule has 5 heteroatoms. The normalized spacial score (nSPS) is 18.4. The van der Waals surface area contributed by atoms with Gasteiger partial charge in [0.25, 0.3) is 0 Å². The molecule has 5 nitrogen and oxygen atoms in total. The third-order valence-corrected chi connectivity index (χ3v) is 4.62. The van der Waals surface area contributed by atoms with Gasteiger partial charge in [-0.25, -0.2) is 0 Å². The van der Waals surface area contributed by atoms with Gasteiger partial charge in [0, 0.05) is 45.4 Å². The summed E-state index contributed by atoms with van der Waals surface area (Å²) in [5.41, 5.74) is 1.24. The molecule has 0 spiro atoms. The Morgan fingerprint density at radius 3 is 2.52 bits per heavy atom. The number of guanidine groups is 1. The van der Waals surface area contributed by atoms with Crippen LogP contribution in [0, 0.1) is 11.8 Å². The van der Waals surface area contributed by atoms with Crippen molar-refractivity contribution in [1.29, 1.82) is 0 Å². The van der Waals surface area contributed by atoms with E-state index >= 15 is 0 Å². The maximum atomic E-state index is 9.28. The van der Waals surface area contributed by atoms with Crippen LogP contribution in [0.2, 0.25) is 0 Å². The highest BCUT2D eigenvalue weighted by Crippen LogP contribution is 2.16. The Bertz CT molecular complexity index is 401. The van der Waals surface area contributed by atoms with Crippen LogP contribution in [0.25, 0.3) is 0 Å². The third kappa shape index (κ3) is 9.85. The molecule has 3 N–H and O–H groups in total. The fraction of sp³-hybridized carbons (Fsp3) is 0.850. The molecule has 1 fully saturated rings. The minimum atomic E-state index is 0.248. The summed E-state index contributed by atoms with van der Waals surface area (Å²) in [5.74, 6) is 2.02. The highest BCUT2D eigenvalue weighted by molar-refractivity contribution is 5.80. The van der Waals surface area contributed by atoms with Crippen LogP contribution in [-0.4, -0.2) is 61.3 Å². The van der Waals surface area contributed by atoms with Crippen LogP contribution in [0.4, 0.5) is 0 Å². The summed E-state index contributed by atoms with van der Waals surface area (Å²) in [4.78, 5) is 7.28. The molecule has 25 heavy (non-hydrogen) atoms. The molecule has 0 radical (unpaired) electrons. The van der Waals surface area contributed by atoms with Gasteiger partial charge in [-0.1, -0.05) is 26.0 Å². The molecule has 1 aliphatic heterocycles. The maximum Gasteiger partial charge on any atom is 0.191 e. The zero-order chi connectivity index (χ0) is 18.7. The summed E-state index contributed by atoms with van der Waals surface area (Å²) in [6.07, 6.45) is 4.23. The SMILES string of the molecule is C=C(C)CN1CCC(NC(=NCC(CCO)CC(C)C)NCC)CC1. The average Bonchev–Trinajstić information content (AvgIpc) is 2.53. The molecule has 1 saturated heterocycles. The second-order valence-electron chi connectivity index (χ2n) is 7.88. The number of hydrogen-bond donors (Lipinski definition) is 3. The van der Waals surface area contributed by atoms with Gasteiger partial charge in [-0.3, -0.25) is 9.89 Å². The van der Waals surface area contributed by atoms with Gasteiger partial charge in [0.2, 0.25) is 0 Å². The van der Waals surface area contributed by atoms with Crippen molar-refractivity contribution in [3.63, 3.8) is 0 Å². The minimum absolute atomic E-state index is 0.248. The average molecular weight is 353 g/mol. The van der Waals surface area contributed by atoms with Crippen molar-refractivity contribution in [2.45, 2.75) is 59.4 Å². The first kappa shape index (κ1) is 22.0. The van der Waals surface area contributed by atoms with Crippen LogP contribution in [-0.2, 0) is 0 Å². The summed E-state index contributed by atoms with van der Waals surface area (Å²) in [6, 6.07) is 0.487. The number of nitrogens with one attached hydrogen (secondary N) is 2. The van der Waals surface area contributed by atoms with Crippen LogP contribution in [0.3, 0.4) is 0 Å². The number of rotatable bonds is 10. The van der Waals surface area contributed by atoms with E-state index in [0.717, 1.165) is 64.4 Å². The van der Waals surface area contributed by atoms with Crippen LogP contribution in [0.5, 0.6) is 0 Å². The number of aliphatic imine (C=N–C) groups is 1. The Balaban J connectivity index is 2.51. The maximum absolute atomic E-state index is 9.28. The van der Waals surface area contributed by atoms with Gasteiger partial charge in [-0.2, -0.15) is 0 Å². The minimum Gasteiger partial charge on any atom is -0.396 e. The Kier molecular flexibility index (Phi) is 10.8. The van der Waals surface area contributed by atoms with Gasteiger partial charge in [0.15, 0.2) is 5.96 Å². The smallest absolute Gasteiger partial charge is 0.191 e. The van der Waals surface area contributed by atoms with E-state index in [9.17, 15) is 5.11 Å². The van der Waals surface area contributed by atoms with Gasteiger partial charge in [0.05, 0.1) is 0 Å². The monoisotopic (exact) mass is 352 g/mol. The molecule has 0 amide bonds. The van der Waals surface area contributed by atoms with Gasteiger partial charge in [-0.05, 0) is 51.4 Å². The molecule has 1 rings (SSSR count). The lowest BCUT2D eigenvalue weighted by atomic mass is 9.94. The Labute approximate surface area is 155 Å². The van der Waals surface area contributed by atoms with Crippen LogP contribution >= 0.6 is 0 Å². The second kappa shape index (κ2) is 12.3. The molecule has 0 bridgehead atoms. The fourth-order valence-electron chi connectivity index (χ4n) is 3.48. The lowest BCUT2D eigenvalue weighted by Gasteiger charge is -2.33. The first-order chi connectivity index (χ1) is 11.9. The van der Waals surface area contributed by atoms with Crippen molar-refractivity contribution < 1.29 is 5.11 Å². The molecule has 146 valence electrons. The second-order valence-corrected chi connectivity index (χ2v) is 7.88. The van der Waals surface area contributed by atoms with Gasteiger partial charge >= 0.3 is 0 Å². The standard InChI is InChI=1S/C20H40N4O/c1-6-21-20(22-14-18(9-12-25)13-16(2)3)23-19-7-10-24(11-8-19)15-17(4)5/h16,18-19,25H,4,6-15H2,1-3,5H3,(H2,21,22,23). The molecule has 0 aliphatic carbocycles. The molecule has 1 atom stereocenters. The summed E-state index contributed by atoms with van der Waals surface area (Å²) in [5, 5.41) is 16.3. The first-order valence-electron chi connectivity index (χ1n) is 9.97. The lowest BCUT2D eigenvalue weighted by molar-refractivity contribution is 0.220. The Morgan fingerprint density at radius 1 is 1.32 bits per heavy atom. The Morgan fingerprint density at radius 2 is 2.00 bits per heavy atom. The molecular weight excluding hydrogens is 312 g/mol. The van der Waals surface area contributed by atoms with E-state index in [0.29, 0.717) is 17.9 Å². The lowest BCUT2D eigenvalue weighted by Crippen LogP contribution is -2.49. The highest BCUT2D eigenvalue weighted by atomic mass is 16.3. The summed E-state index contributed by atoms with van der Waals surface area (Å²) in [7, 11) is 0. The highest BCUT2D eigenvalue weighted by Gasteiger charge is 2.20. The van der Waals surface area contributed by atoms with E-state index in [1.54, 1.807) is 0 Å². The largest absolute Gasteiger partial charge is 0.396 e. The van der Waals surface area contributed by atoms with Crippen molar-refractivity contribution in [2.75, 3.05) is 39.3 Å². The summed E-state index contributed by atoms with van der Waals surface area (Å²) < 4.78 is 0. The van der Waals surface area contributed by atoms with Crippen molar-refractivity contribution in [2.24, 2.45) is 16.8 Å². The van der Waals surface area contributed by atoms with Gasteiger partial charge in [-0.15, -0.1) is 0 Å². The van der Waals surface area contributed by atoms with Gasteiger partial charge in [0.1, 0.15) is 0 Å². The number of nitrogens with zero attached hydrogens (tertiary/aromatic N) is 2. The third-order valence-electron chi connectivity index (χ3n) is 4.62. The van der Waals surface area contributed by atoms with E-state index in [-0.39, 0.29) is 6.61 Å². The predicted molar refractivity (Wildman–Crippen MR) is 108 cm³/mol. The van der Waals surface area contributed by atoms with E-state index in [2.05, 4.69) is 49.8 Å². The van der Waals surface area contributed by atoms with E-state index in [4.69, 9.17) is 4.99 Å². The molecule has 1 unspecified atom stereocenters. The molecular formula is C20H40N4O. The molecule has 1 heterocycles. The quantitative estimate of drug-likeness (QED) is 0.321. The number of piperidine rings is 1. The number of hydrogen-bond acceptors (Lipinski definition) is 3. The predicted octanol–water partition coefficient (Wildman–Crippen LogP) is 2.63. The molecule has 0 aromatic carbocycles. The van der Waals surface area contributed by atoms with Crippen molar-refractivity contribution in [3.05, 3.63) is 12.2 Å². The van der Waals surface area contributed by atoms with Crippen molar-refractivity contribution in [1.82, 2.24) is 15.5 Å². The van der Waals surface area contributed by atoms with E-state index < -0.39 is 0 Å². The number of likely N-dealkylation sites (tertiary alicyclic amines) is 1. The molecule has 0 aromatic rings. The summed E-state index contributed by atoms with van der Waals surface area (Å²) in [6.45, 7) is 17.8. The van der Waals surface area contributed by atoms with Gasteiger partial charge < -0.3 is 15.7 Å². The zero-order valence-corrected chi connectivity index (χ0v) is 16.9. The Hall–Kier alpha value is -1.07. The molecule has 1 aliphatic rings. The number of aliphatic hydroxyl groups excluding tert-OH is 1. The zero-order valence-electron chi connectivity index (χ0n) is 16.9. The summed E-state index contributed by atoms with van der Waals surface area (Å²) >= 11 is 0. The fourth-order valence-corrected chi connectivity index (χ4v) is 3.48. The van der Waals surface area contributed by atoms with E-state index in [1.165, 1.54) is 5.57 Å². The van der Waals surface area contributed by atoms with Crippen molar-refractivity contribution >= 4 is 5.96 Å².